The molecule has 4 nitrogen and oxygen atoms in total. The second-order valence-corrected chi connectivity index (χ2v) is 5.94. The highest BCUT2D eigenvalue weighted by Gasteiger charge is 2.31. The van der Waals surface area contributed by atoms with Crippen LogP contribution in [-0.2, 0) is 20.7 Å². The van der Waals surface area contributed by atoms with Crippen LogP contribution in [0.5, 0.6) is 0 Å². The van der Waals surface area contributed by atoms with Crippen molar-refractivity contribution in [3.8, 4) is 0 Å². The maximum atomic E-state index is 12.8. The first-order valence-corrected chi connectivity index (χ1v) is 7.96. The van der Waals surface area contributed by atoms with Crippen molar-refractivity contribution in [1.29, 1.82) is 0 Å². The average molecular weight is 299 g/mol. The fraction of sp³-hybridized carbons (Fsp3) is 0.444. The van der Waals surface area contributed by atoms with Gasteiger partial charge in [0, 0.05) is 30.3 Å². The molecule has 3 rings (SSSR count). The van der Waals surface area contributed by atoms with Gasteiger partial charge in [0.1, 0.15) is 0 Å². The van der Waals surface area contributed by atoms with E-state index in [1.54, 1.807) is 6.92 Å². The molecule has 1 aliphatic heterocycles. The van der Waals surface area contributed by atoms with E-state index in [9.17, 15) is 9.59 Å². The molecule has 1 fully saturated rings. The summed E-state index contributed by atoms with van der Waals surface area (Å²) in [5.41, 5.74) is 2.61. The van der Waals surface area contributed by atoms with E-state index in [4.69, 9.17) is 4.74 Å². The van der Waals surface area contributed by atoms with Crippen LogP contribution in [0.3, 0.4) is 0 Å². The summed E-state index contributed by atoms with van der Waals surface area (Å²) in [5, 5.41) is 0. The number of fused-ring (bicyclic) bond motifs is 1. The van der Waals surface area contributed by atoms with E-state index in [1.807, 2.05) is 29.2 Å². The molecule has 1 amide bonds. The van der Waals surface area contributed by atoms with Crippen molar-refractivity contribution in [2.75, 3.05) is 18.1 Å². The second-order valence-electron chi connectivity index (χ2n) is 5.94. The van der Waals surface area contributed by atoms with Crippen LogP contribution in [-0.4, -0.2) is 25.0 Å². The number of rotatable bonds is 4. The molecule has 0 radical (unpaired) electrons. The Morgan fingerprint density at radius 2 is 2.14 bits per heavy atom. The van der Waals surface area contributed by atoms with Gasteiger partial charge >= 0.3 is 5.97 Å². The Morgan fingerprint density at radius 1 is 1.36 bits per heavy atom. The maximum absolute atomic E-state index is 12.8. The first-order valence-electron chi connectivity index (χ1n) is 7.96. The third kappa shape index (κ3) is 2.91. The molecule has 1 aromatic carbocycles. The molecule has 4 heteroatoms. The molecule has 1 saturated carbocycles. The molecule has 2 aliphatic rings. The number of para-hydroxylation sites is 1. The van der Waals surface area contributed by atoms with E-state index in [2.05, 4.69) is 0 Å². The van der Waals surface area contributed by atoms with Crippen molar-refractivity contribution in [1.82, 2.24) is 0 Å². The molecule has 0 aromatic heterocycles. The standard InChI is InChI=1S/C18H21NO3/c1-2-22-17(20)11-15-10-14-8-3-4-9-16(14)19(18(15)21)12-13-6-5-7-13/h3-4,8-9,11,13H,2,5-7,10,12H2,1H3/b15-11+. The van der Waals surface area contributed by atoms with Gasteiger partial charge in [-0.05, 0) is 37.3 Å². The summed E-state index contributed by atoms with van der Waals surface area (Å²) in [7, 11) is 0. The van der Waals surface area contributed by atoms with Crippen LogP contribution in [0.1, 0.15) is 31.7 Å². The van der Waals surface area contributed by atoms with Crippen molar-refractivity contribution in [3.63, 3.8) is 0 Å². The molecule has 0 atom stereocenters. The Kier molecular flexibility index (Phi) is 4.27. The van der Waals surface area contributed by atoms with Crippen molar-refractivity contribution >= 4 is 17.6 Å². The minimum absolute atomic E-state index is 0.0568. The lowest BCUT2D eigenvalue weighted by Crippen LogP contribution is -2.41. The molecular weight excluding hydrogens is 278 g/mol. The number of nitrogens with zero attached hydrogens (tertiary/aromatic N) is 1. The van der Waals surface area contributed by atoms with Gasteiger partial charge in [-0.3, -0.25) is 4.79 Å². The van der Waals surface area contributed by atoms with Crippen LogP contribution in [0, 0.1) is 5.92 Å². The minimum Gasteiger partial charge on any atom is -0.463 e. The van der Waals surface area contributed by atoms with Crippen LogP contribution >= 0.6 is 0 Å². The zero-order valence-corrected chi connectivity index (χ0v) is 12.9. The quantitative estimate of drug-likeness (QED) is 0.634. The van der Waals surface area contributed by atoms with E-state index in [1.165, 1.54) is 25.3 Å². The summed E-state index contributed by atoms with van der Waals surface area (Å²) in [5.74, 6) is 0.0893. The summed E-state index contributed by atoms with van der Waals surface area (Å²) < 4.78 is 4.94. The summed E-state index contributed by atoms with van der Waals surface area (Å²) in [6.45, 7) is 2.83. The summed E-state index contributed by atoms with van der Waals surface area (Å²) in [4.78, 5) is 26.3. The van der Waals surface area contributed by atoms with E-state index in [0.717, 1.165) is 17.8 Å². The number of amides is 1. The number of carbonyl (C=O) groups excluding carboxylic acids is 2. The molecule has 1 heterocycles. The fourth-order valence-corrected chi connectivity index (χ4v) is 3.04. The number of hydrogen-bond donors (Lipinski definition) is 0. The SMILES string of the molecule is CCOC(=O)/C=C1\Cc2ccccc2N(CC2CCC2)C1=O. The number of carbonyl (C=O) groups is 2. The van der Waals surface area contributed by atoms with Gasteiger partial charge in [-0.1, -0.05) is 24.6 Å². The summed E-state index contributed by atoms with van der Waals surface area (Å²) >= 11 is 0. The topological polar surface area (TPSA) is 46.6 Å². The Hall–Kier alpha value is -2.10. The summed E-state index contributed by atoms with van der Waals surface area (Å²) in [6.07, 6.45) is 5.47. The van der Waals surface area contributed by atoms with Gasteiger partial charge in [0.25, 0.3) is 5.91 Å². The van der Waals surface area contributed by atoms with Gasteiger partial charge in [-0.25, -0.2) is 4.79 Å². The molecule has 1 aliphatic carbocycles. The van der Waals surface area contributed by atoms with Gasteiger partial charge in [0.15, 0.2) is 0 Å². The van der Waals surface area contributed by atoms with Crippen LogP contribution in [0.4, 0.5) is 5.69 Å². The second kappa shape index (κ2) is 6.34. The highest BCUT2D eigenvalue weighted by Crippen LogP contribution is 2.34. The van der Waals surface area contributed by atoms with Crippen molar-refractivity contribution in [3.05, 3.63) is 41.5 Å². The smallest absolute Gasteiger partial charge is 0.331 e. The lowest BCUT2D eigenvalue weighted by atomic mass is 9.84. The number of anilines is 1. The molecular formula is C18H21NO3. The van der Waals surface area contributed by atoms with Gasteiger partial charge in [-0.2, -0.15) is 0 Å². The number of benzene rings is 1. The molecule has 0 unspecified atom stereocenters. The third-order valence-electron chi connectivity index (χ3n) is 4.43. The molecule has 0 spiro atoms. The third-order valence-corrected chi connectivity index (χ3v) is 4.43. The predicted molar refractivity (Wildman–Crippen MR) is 84.6 cm³/mol. The van der Waals surface area contributed by atoms with Crippen LogP contribution < -0.4 is 4.90 Å². The monoisotopic (exact) mass is 299 g/mol. The zero-order chi connectivity index (χ0) is 15.5. The van der Waals surface area contributed by atoms with Gasteiger partial charge < -0.3 is 9.64 Å². The largest absolute Gasteiger partial charge is 0.463 e. The molecule has 1 aromatic rings. The van der Waals surface area contributed by atoms with Gasteiger partial charge in [-0.15, -0.1) is 0 Å². The zero-order valence-electron chi connectivity index (χ0n) is 12.9. The van der Waals surface area contributed by atoms with Gasteiger partial charge in [0.2, 0.25) is 0 Å². The highest BCUT2D eigenvalue weighted by molar-refractivity contribution is 6.11. The van der Waals surface area contributed by atoms with Crippen LogP contribution in [0.15, 0.2) is 35.9 Å². The normalized spacial score (nSPS) is 19.8. The molecule has 0 N–H and O–H groups in total. The molecule has 0 saturated heterocycles. The van der Waals surface area contributed by atoms with E-state index in [0.29, 0.717) is 24.5 Å². The first kappa shape index (κ1) is 14.8. The molecule has 22 heavy (non-hydrogen) atoms. The maximum Gasteiger partial charge on any atom is 0.331 e. The Labute approximate surface area is 130 Å². The lowest BCUT2D eigenvalue weighted by Gasteiger charge is -2.36. The lowest BCUT2D eigenvalue weighted by molar-refractivity contribution is -0.137. The average Bonchev–Trinajstić information content (AvgIpc) is 2.46. The molecule has 116 valence electrons. The fourth-order valence-electron chi connectivity index (χ4n) is 3.04. The van der Waals surface area contributed by atoms with E-state index in [-0.39, 0.29) is 5.91 Å². The number of hydrogen-bond acceptors (Lipinski definition) is 3. The Morgan fingerprint density at radius 3 is 2.82 bits per heavy atom. The van der Waals surface area contributed by atoms with Crippen molar-refractivity contribution in [2.45, 2.75) is 32.6 Å². The van der Waals surface area contributed by atoms with Crippen LogP contribution in [0.25, 0.3) is 0 Å². The number of ether oxygens (including phenoxy) is 1. The molecule has 0 bridgehead atoms. The summed E-state index contributed by atoms with van der Waals surface area (Å²) in [6, 6.07) is 7.94. The number of esters is 1. The van der Waals surface area contributed by atoms with Crippen LogP contribution in [0.2, 0.25) is 0 Å². The van der Waals surface area contributed by atoms with Gasteiger partial charge in [0.05, 0.1) is 6.61 Å². The Bertz CT molecular complexity index is 617. The van der Waals surface area contributed by atoms with Crippen molar-refractivity contribution in [2.24, 2.45) is 5.92 Å². The van der Waals surface area contributed by atoms with Crippen molar-refractivity contribution < 1.29 is 14.3 Å². The Balaban J connectivity index is 1.89. The predicted octanol–water partition coefficient (Wildman–Crippen LogP) is 2.87. The van der Waals surface area contributed by atoms with E-state index >= 15 is 0 Å². The highest BCUT2D eigenvalue weighted by atomic mass is 16.5. The minimum atomic E-state index is -0.436. The van der Waals surface area contributed by atoms with E-state index < -0.39 is 5.97 Å². The first-order chi connectivity index (χ1) is 10.7.